The Bertz CT molecular complexity index is 784. The highest BCUT2D eigenvalue weighted by Gasteiger charge is 2.19. The van der Waals surface area contributed by atoms with Crippen molar-refractivity contribution in [3.05, 3.63) is 71.5 Å². The van der Waals surface area contributed by atoms with E-state index in [9.17, 15) is 13.6 Å². The fourth-order valence-electron chi connectivity index (χ4n) is 2.33. The number of hydrogen-bond donors (Lipinski definition) is 1. The fraction of sp³-hybridized carbons (Fsp3) is 0.167. The number of hydrogen-bond acceptors (Lipinski definition) is 1. The Hall–Kier alpha value is -2.40. The van der Waals surface area contributed by atoms with Crippen molar-refractivity contribution in [3.8, 4) is 0 Å². The van der Waals surface area contributed by atoms with Gasteiger partial charge in [0.2, 0.25) is 0 Å². The average molecular weight is 351 g/mol. The number of carbonyl (C=O) groups is 1. The van der Waals surface area contributed by atoms with Crippen LogP contribution in [0.5, 0.6) is 0 Å². The van der Waals surface area contributed by atoms with Crippen LogP contribution < -0.4 is 5.32 Å². The minimum absolute atomic E-state index is 0.147. The van der Waals surface area contributed by atoms with E-state index in [1.54, 1.807) is 22.8 Å². The molecule has 0 bridgehead atoms. The predicted octanol–water partition coefficient (Wildman–Crippen LogP) is 5.28. The number of allylic oxidation sites excluding steroid dienone is 1. The topological polar surface area (TPSA) is 34.0 Å². The van der Waals surface area contributed by atoms with Gasteiger partial charge in [0.15, 0.2) is 11.6 Å². The largest absolute Gasteiger partial charge is 0.336 e. The summed E-state index contributed by atoms with van der Waals surface area (Å²) in [7, 11) is 0. The van der Waals surface area contributed by atoms with Gasteiger partial charge in [0.25, 0.3) is 5.91 Å². The summed E-state index contributed by atoms with van der Waals surface area (Å²) < 4.78 is 28.0. The molecular formula is C18H17ClF2N2O. The third-order valence-corrected chi connectivity index (χ3v) is 3.76. The molecule has 0 aliphatic heterocycles. The van der Waals surface area contributed by atoms with Crippen LogP contribution in [-0.2, 0) is 6.54 Å². The third kappa shape index (κ3) is 3.92. The lowest BCUT2D eigenvalue weighted by Crippen LogP contribution is -2.18. The van der Waals surface area contributed by atoms with E-state index in [1.807, 2.05) is 0 Å². The van der Waals surface area contributed by atoms with Crippen molar-refractivity contribution in [2.45, 2.75) is 19.4 Å². The second-order valence-electron chi connectivity index (χ2n) is 5.14. The number of rotatable bonds is 7. The first kappa shape index (κ1) is 17.9. The van der Waals surface area contributed by atoms with Crippen LogP contribution in [0.2, 0.25) is 5.02 Å². The monoisotopic (exact) mass is 350 g/mol. The van der Waals surface area contributed by atoms with Gasteiger partial charge in [-0.15, -0.1) is 6.58 Å². The van der Waals surface area contributed by atoms with Gasteiger partial charge >= 0.3 is 0 Å². The maximum absolute atomic E-state index is 13.3. The fourth-order valence-corrected chi connectivity index (χ4v) is 2.63. The zero-order chi connectivity index (χ0) is 17.7. The predicted molar refractivity (Wildman–Crippen MR) is 93.3 cm³/mol. The van der Waals surface area contributed by atoms with E-state index in [0.29, 0.717) is 12.2 Å². The molecule has 0 atom stereocenters. The average Bonchev–Trinajstić information content (AvgIpc) is 2.87. The first-order chi connectivity index (χ1) is 11.5. The maximum atomic E-state index is 13.3. The molecule has 1 aromatic carbocycles. The van der Waals surface area contributed by atoms with Crippen LogP contribution in [0, 0.1) is 11.6 Å². The summed E-state index contributed by atoms with van der Waals surface area (Å²) in [5.41, 5.74) is 1.11. The van der Waals surface area contributed by atoms with Gasteiger partial charge in [0, 0.05) is 24.0 Å². The lowest BCUT2D eigenvalue weighted by atomic mass is 10.2. The van der Waals surface area contributed by atoms with Gasteiger partial charge in [-0.1, -0.05) is 24.3 Å². The third-order valence-electron chi connectivity index (χ3n) is 3.47. The Morgan fingerprint density at radius 3 is 2.62 bits per heavy atom. The van der Waals surface area contributed by atoms with Gasteiger partial charge in [0.05, 0.1) is 5.02 Å². The Balaban J connectivity index is 2.30. The Morgan fingerprint density at radius 2 is 2.00 bits per heavy atom. The number of carbonyl (C=O) groups excluding carboxylic acids is 1. The van der Waals surface area contributed by atoms with Crippen LogP contribution in [0.25, 0.3) is 6.08 Å². The molecule has 0 aliphatic rings. The molecule has 2 aromatic rings. The van der Waals surface area contributed by atoms with Crippen molar-refractivity contribution in [2.75, 3.05) is 5.32 Å². The molecule has 3 nitrogen and oxygen atoms in total. The van der Waals surface area contributed by atoms with E-state index in [2.05, 4.69) is 18.5 Å². The van der Waals surface area contributed by atoms with E-state index < -0.39 is 17.5 Å². The Kier molecular flexibility index (Phi) is 5.93. The second kappa shape index (κ2) is 7.93. The number of nitrogens with one attached hydrogen (secondary N) is 1. The molecule has 6 heteroatoms. The number of aromatic nitrogens is 1. The number of amides is 1. The van der Waals surface area contributed by atoms with Crippen molar-refractivity contribution in [2.24, 2.45) is 0 Å². The van der Waals surface area contributed by atoms with E-state index >= 15 is 0 Å². The number of anilines is 1. The molecule has 0 fully saturated rings. The number of halogens is 3. The van der Waals surface area contributed by atoms with Crippen molar-refractivity contribution >= 4 is 29.3 Å². The molecule has 1 aromatic heterocycles. The highest BCUT2D eigenvalue weighted by molar-refractivity contribution is 6.34. The van der Waals surface area contributed by atoms with Crippen LogP contribution in [0.3, 0.4) is 0 Å². The first-order valence-electron chi connectivity index (χ1n) is 7.36. The van der Waals surface area contributed by atoms with E-state index in [4.69, 9.17) is 11.6 Å². The Morgan fingerprint density at radius 1 is 1.25 bits per heavy atom. The molecule has 24 heavy (non-hydrogen) atoms. The molecule has 2 rings (SSSR count). The standard InChI is InChI=1S/C18H17ClF2N2O/c1-3-5-6-9-23-13(4-2)11-14(19)17(23)18(24)22-12-7-8-15(20)16(21)10-12/h3-4,7-8,10-11H,1-2,5-6,9H2,(H,22,24). The van der Waals surface area contributed by atoms with Crippen molar-refractivity contribution in [1.82, 2.24) is 4.57 Å². The van der Waals surface area contributed by atoms with Gasteiger partial charge in [-0.3, -0.25) is 4.79 Å². The molecular weight excluding hydrogens is 334 g/mol. The number of nitrogens with zero attached hydrogens (tertiary/aromatic N) is 1. The highest BCUT2D eigenvalue weighted by Crippen LogP contribution is 2.25. The molecule has 0 saturated heterocycles. The first-order valence-corrected chi connectivity index (χ1v) is 7.74. The van der Waals surface area contributed by atoms with E-state index in [0.717, 1.165) is 25.0 Å². The minimum atomic E-state index is -1.04. The van der Waals surface area contributed by atoms with Gasteiger partial charge in [-0.25, -0.2) is 8.78 Å². The molecule has 1 heterocycles. The molecule has 0 spiro atoms. The molecule has 126 valence electrons. The summed E-state index contributed by atoms with van der Waals surface area (Å²) in [4.78, 5) is 12.5. The normalized spacial score (nSPS) is 10.5. The van der Waals surface area contributed by atoms with Gasteiger partial charge < -0.3 is 9.88 Å². The smallest absolute Gasteiger partial charge is 0.273 e. The van der Waals surface area contributed by atoms with E-state index in [-0.39, 0.29) is 16.4 Å². The second-order valence-corrected chi connectivity index (χ2v) is 5.54. The van der Waals surface area contributed by atoms with Crippen molar-refractivity contribution in [1.29, 1.82) is 0 Å². The lowest BCUT2D eigenvalue weighted by molar-refractivity contribution is 0.101. The maximum Gasteiger partial charge on any atom is 0.273 e. The summed E-state index contributed by atoms with van der Waals surface area (Å²) >= 11 is 6.18. The van der Waals surface area contributed by atoms with Crippen LogP contribution >= 0.6 is 11.6 Å². The molecule has 0 unspecified atom stereocenters. The minimum Gasteiger partial charge on any atom is -0.336 e. The zero-order valence-corrected chi connectivity index (χ0v) is 13.7. The van der Waals surface area contributed by atoms with Crippen LogP contribution in [0.15, 0.2) is 43.5 Å². The molecule has 0 radical (unpaired) electrons. The Labute approximate surface area is 144 Å². The van der Waals surface area contributed by atoms with Gasteiger partial charge in [-0.05, 0) is 37.1 Å². The van der Waals surface area contributed by atoms with Crippen LogP contribution in [0.4, 0.5) is 14.5 Å². The molecule has 0 aliphatic carbocycles. The van der Waals surface area contributed by atoms with E-state index in [1.165, 1.54) is 6.07 Å². The number of benzene rings is 1. The SMILES string of the molecule is C=CCCCn1c(C=C)cc(Cl)c1C(=O)Nc1ccc(F)c(F)c1. The summed E-state index contributed by atoms with van der Waals surface area (Å²) in [6.45, 7) is 7.94. The van der Waals surface area contributed by atoms with Gasteiger partial charge in [-0.2, -0.15) is 0 Å². The van der Waals surface area contributed by atoms with Crippen LogP contribution in [0.1, 0.15) is 29.0 Å². The molecule has 1 N–H and O–H groups in total. The quantitative estimate of drug-likeness (QED) is 0.535. The highest BCUT2D eigenvalue weighted by atomic mass is 35.5. The molecule has 1 amide bonds. The zero-order valence-electron chi connectivity index (χ0n) is 13.0. The summed E-state index contributed by atoms with van der Waals surface area (Å²) in [5.74, 6) is -2.52. The van der Waals surface area contributed by atoms with Gasteiger partial charge in [0.1, 0.15) is 5.69 Å². The van der Waals surface area contributed by atoms with Crippen molar-refractivity contribution < 1.29 is 13.6 Å². The lowest BCUT2D eigenvalue weighted by Gasteiger charge is -2.12. The number of unbranched alkanes of at least 4 members (excludes halogenated alkanes) is 1. The molecule has 0 saturated carbocycles. The summed E-state index contributed by atoms with van der Waals surface area (Å²) in [5, 5.41) is 2.80. The summed E-state index contributed by atoms with van der Waals surface area (Å²) in [6, 6.07) is 4.79. The van der Waals surface area contributed by atoms with Crippen molar-refractivity contribution in [3.63, 3.8) is 0 Å². The summed E-state index contributed by atoms with van der Waals surface area (Å²) in [6.07, 6.45) is 4.96. The van der Waals surface area contributed by atoms with Crippen LogP contribution in [-0.4, -0.2) is 10.5 Å².